The lowest BCUT2D eigenvalue weighted by molar-refractivity contribution is 1.16. The number of fused-ring (bicyclic) bond motifs is 6. The van der Waals surface area contributed by atoms with Crippen molar-refractivity contribution in [2.45, 2.75) is 0 Å². The van der Waals surface area contributed by atoms with Crippen LogP contribution in [0.1, 0.15) is 5.56 Å². The van der Waals surface area contributed by atoms with E-state index in [1.807, 2.05) is 12.1 Å². The second kappa shape index (κ2) is 8.69. The van der Waals surface area contributed by atoms with Crippen molar-refractivity contribution in [1.82, 2.24) is 14.1 Å². The molecule has 8 aromatic rings. The molecule has 0 fully saturated rings. The topological polar surface area (TPSA) is 46.5 Å². The van der Waals surface area contributed by atoms with Gasteiger partial charge in [-0.1, -0.05) is 72.8 Å². The number of rotatable bonds is 3. The molecule has 3 heterocycles. The Balaban J connectivity index is 1.42. The first kappa shape index (κ1) is 22.3. The summed E-state index contributed by atoms with van der Waals surface area (Å²) in [6.07, 6.45) is 1.70. The van der Waals surface area contributed by atoms with E-state index in [4.69, 9.17) is 0 Å². The van der Waals surface area contributed by atoms with Crippen LogP contribution in [0.15, 0.2) is 134 Å². The van der Waals surface area contributed by atoms with Gasteiger partial charge in [0.25, 0.3) is 0 Å². The van der Waals surface area contributed by atoms with Gasteiger partial charge in [-0.25, -0.2) is 0 Å². The molecule has 0 saturated heterocycles. The van der Waals surface area contributed by atoms with Crippen LogP contribution in [0.5, 0.6) is 0 Å². The number of para-hydroxylation sites is 4. The number of nitrogens with zero attached hydrogens (tertiary/aromatic N) is 4. The van der Waals surface area contributed by atoms with Crippen molar-refractivity contribution in [3.05, 3.63) is 139 Å². The molecule has 4 nitrogen and oxygen atoms in total. The molecule has 8 rings (SSSR count). The van der Waals surface area contributed by atoms with Gasteiger partial charge in [0.15, 0.2) is 0 Å². The summed E-state index contributed by atoms with van der Waals surface area (Å²) in [4.78, 5) is 4.63. The highest BCUT2D eigenvalue weighted by molar-refractivity contribution is 6.12. The van der Waals surface area contributed by atoms with Crippen LogP contribution in [0.2, 0.25) is 0 Å². The molecule has 0 aliphatic rings. The lowest BCUT2D eigenvalue weighted by Gasteiger charge is -2.14. The van der Waals surface area contributed by atoms with Gasteiger partial charge >= 0.3 is 0 Å². The summed E-state index contributed by atoms with van der Waals surface area (Å²) < 4.78 is 4.68. The normalized spacial score (nSPS) is 11.5. The number of nitriles is 1. The summed E-state index contributed by atoms with van der Waals surface area (Å²) >= 11 is 0. The minimum Gasteiger partial charge on any atom is -0.309 e. The molecule has 0 aliphatic heterocycles. The van der Waals surface area contributed by atoms with Crippen molar-refractivity contribution in [1.29, 1.82) is 5.26 Å². The van der Waals surface area contributed by atoms with Gasteiger partial charge in [0.05, 0.1) is 45.1 Å². The molecule has 0 N–H and O–H groups in total. The summed E-state index contributed by atoms with van der Waals surface area (Å²) in [6, 6.07) is 46.6. The molecule has 3 aromatic heterocycles. The van der Waals surface area contributed by atoms with E-state index in [9.17, 15) is 5.26 Å². The molecule has 0 bridgehead atoms. The molecule has 0 amide bonds. The van der Waals surface area contributed by atoms with Crippen molar-refractivity contribution in [2.75, 3.05) is 0 Å². The van der Waals surface area contributed by atoms with Gasteiger partial charge in [-0.3, -0.25) is 4.98 Å². The zero-order valence-corrected chi connectivity index (χ0v) is 21.5. The van der Waals surface area contributed by atoms with E-state index in [1.165, 1.54) is 32.6 Å². The van der Waals surface area contributed by atoms with Gasteiger partial charge in [-0.2, -0.15) is 5.26 Å². The second-order valence-corrected chi connectivity index (χ2v) is 9.98. The highest BCUT2D eigenvalue weighted by Gasteiger charge is 2.18. The Morgan fingerprint density at radius 2 is 1.10 bits per heavy atom. The third kappa shape index (κ3) is 3.22. The summed E-state index contributed by atoms with van der Waals surface area (Å²) in [6.45, 7) is 0. The fourth-order valence-corrected chi connectivity index (χ4v) is 6.09. The van der Waals surface area contributed by atoms with Crippen molar-refractivity contribution in [3.63, 3.8) is 0 Å². The minimum atomic E-state index is 0.595. The Bertz CT molecular complexity index is 2240. The van der Waals surface area contributed by atoms with E-state index >= 15 is 0 Å². The second-order valence-electron chi connectivity index (χ2n) is 9.98. The number of aromatic nitrogens is 3. The monoisotopic (exact) mass is 510 g/mol. The van der Waals surface area contributed by atoms with E-state index in [0.29, 0.717) is 5.56 Å². The third-order valence-electron chi connectivity index (χ3n) is 7.80. The molecule has 0 atom stereocenters. The summed E-state index contributed by atoms with van der Waals surface area (Å²) in [5, 5.41) is 14.4. The first-order valence-electron chi connectivity index (χ1n) is 13.3. The molecular formula is C36H22N4. The smallest absolute Gasteiger partial charge is 0.0992 e. The van der Waals surface area contributed by atoms with Gasteiger partial charge in [0.2, 0.25) is 0 Å². The molecular weight excluding hydrogens is 488 g/mol. The standard InChI is InChI=1S/C36H22N4/c37-23-24-19-20-38-31(21-24)29-12-4-8-16-35(29)40-34-15-7-3-11-28(34)30-22-25(17-18-36(30)40)39-32-13-5-1-9-26(32)27-10-2-6-14-33(27)39/h1-22H. The highest BCUT2D eigenvalue weighted by Crippen LogP contribution is 2.38. The maximum Gasteiger partial charge on any atom is 0.0992 e. The van der Waals surface area contributed by atoms with E-state index < -0.39 is 0 Å². The van der Waals surface area contributed by atoms with Crippen LogP contribution < -0.4 is 0 Å². The number of hydrogen-bond acceptors (Lipinski definition) is 2. The third-order valence-corrected chi connectivity index (χ3v) is 7.80. The van der Waals surface area contributed by atoms with Gasteiger partial charge in [0.1, 0.15) is 0 Å². The number of benzene rings is 5. The molecule has 0 aliphatic carbocycles. The Morgan fingerprint density at radius 1 is 0.525 bits per heavy atom. The van der Waals surface area contributed by atoms with E-state index in [-0.39, 0.29) is 0 Å². The van der Waals surface area contributed by atoms with Crippen LogP contribution in [0.3, 0.4) is 0 Å². The highest BCUT2D eigenvalue weighted by atomic mass is 15.0. The van der Waals surface area contributed by atoms with Gasteiger partial charge in [0, 0.05) is 39.0 Å². The molecule has 0 unspecified atom stereocenters. The predicted molar refractivity (Wildman–Crippen MR) is 163 cm³/mol. The molecule has 40 heavy (non-hydrogen) atoms. The van der Waals surface area contributed by atoms with Crippen LogP contribution in [-0.2, 0) is 0 Å². The zero-order valence-electron chi connectivity index (χ0n) is 21.5. The van der Waals surface area contributed by atoms with Gasteiger partial charge in [-0.15, -0.1) is 0 Å². The van der Waals surface area contributed by atoms with Crippen molar-refractivity contribution in [2.24, 2.45) is 0 Å². The maximum absolute atomic E-state index is 9.50. The van der Waals surface area contributed by atoms with E-state index in [0.717, 1.165) is 33.7 Å². The average Bonchev–Trinajstić information content (AvgIpc) is 3.54. The first-order chi connectivity index (χ1) is 19.8. The molecule has 0 spiro atoms. The summed E-state index contributed by atoms with van der Waals surface area (Å²) in [7, 11) is 0. The summed E-state index contributed by atoms with van der Waals surface area (Å²) in [5.41, 5.74) is 9.15. The van der Waals surface area contributed by atoms with Gasteiger partial charge in [-0.05, 0) is 54.6 Å². The largest absolute Gasteiger partial charge is 0.309 e. The Hall–Kier alpha value is -5.66. The van der Waals surface area contributed by atoms with Crippen LogP contribution in [0.25, 0.3) is 66.2 Å². The van der Waals surface area contributed by atoms with E-state index in [1.54, 1.807) is 12.3 Å². The van der Waals surface area contributed by atoms with Crippen LogP contribution in [0, 0.1) is 11.3 Å². The zero-order chi connectivity index (χ0) is 26.6. The van der Waals surface area contributed by atoms with Crippen LogP contribution >= 0.6 is 0 Å². The lowest BCUT2D eigenvalue weighted by atomic mass is 10.1. The Morgan fingerprint density at radius 3 is 1.80 bits per heavy atom. The van der Waals surface area contributed by atoms with Crippen molar-refractivity contribution in [3.8, 4) is 28.7 Å². The molecule has 0 radical (unpaired) electrons. The molecule has 4 heteroatoms. The quantitative estimate of drug-likeness (QED) is 0.238. The van der Waals surface area contributed by atoms with E-state index in [2.05, 4.69) is 129 Å². The first-order valence-corrected chi connectivity index (χ1v) is 13.3. The molecule has 5 aromatic carbocycles. The average molecular weight is 511 g/mol. The maximum atomic E-state index is 9.50. The van der Waals surface area contributed by atoms with Gasteiger partial charge < -0.3 is 9.13 Å². The molecule has 186 valence electrons. The molecule has 0 saturated carbocycles. The Labute approximate surface area is 230 Å². The lowest BCUT2D eigenvalue weighted by Crippen LogP contribution is -1.99. The van der Waals surface area contributed by atoms with Crippen LogP contribution in [-0.4, -0.2) is 14.1 Å². The minimum absolute atomic E-state index is 0.595. The predicted octanol–water partition coefficient (Wildman–Crippen LogP) is 8.81. The SMILES string of the molecule is N#Cc1ccnc(-c2ccccc2-n2c3ccccc3c3cc(-n4c5ccccc5c5ccccc54)ccc32)c1. The number of hydrogen-bond donors (Lipinski definition) is 0. The van der Waals surface area contributed by atoms with Crippen molar-refractivity contribution >= 4 is 43.6 Å². The Kier molecular flexibility index (Phi) is 4.85. The van der Waals surface area contributed by atoms with Crippen molar-refractivity contribution < 1.29 is 0 Å². The number of pyridine rings is 1. The fourth-order valence-electron chi connectivity index (χ4n) is 6.09. The van der Waals surface area contributed by atoms with Crippen LogP contribution in [0.4, 0.5) is 0 Å². The summed E-state index contributed by atoms with van der Waals surface area (Å²) in [5.74, 6) is 0. The fraction of sp³-hybridized carbons (Fsp3) is 0.